The van der Waals surface area contributed by atoms with E-state index < -0.39 is 12.1 Å². The molecule has 2 heterocycles. The molecule has 4 N–H and O–H groups in total. The molecular formula is C23H26F3N5O4. The maximum atomic E-state index is 12.5. The fourth-order valence-corrected chi connectivity index (χ4v) is 3.65. The maximum absolute atomic E-state index is 12.5. The summed E-state index contributed by atoms with van der Waals surface area (Å²) in [5, 5.41) is 13.6. The van der Waals surface area contributed by atoms with Gasteiger partial charge in [0.15, 0.2) is 0 Å². The molecule has 1 aliphatic rings. The van der Waals surface area contributed by atoms with Crippen LogP contribution in [0.15, 0.2) is 42.5 Å². The number of nitrogens with one attached hydrogen (secondary N) is 3. The Labute approximate surface area is 199 Å². The molecule has 1 unspecified atom stereocenters. The second kappa shape index (κ2) is 11.2. The number of alkyl halides is 3. The molecule has 3 aromatic rings. The molecule has 0 saturated carbocycles. The number of methoxy groups -OCH3 is 1. The summed E-state index contributed by atoms with van der Waals surface area (Å²) >= 11 is 0. The molecule has 1 atom stereocenters. The van der Waals surface area contributed by atoms with Crippen molar-refractivity contribution in [1.82, 2.24) is 20.2 Å². The molecule has 1 aromatic heterocycles. The van der Waals surface area contributed by atoms with Crippen molar-refractivity contribution in [1.29, 1.82) is 0 Å². The first-order valence-corrected chi connectivity index (χ1v) is 10.7. The molecule has 0 spiro atoms. The lowest BCUT2D eigenvalue weighted by atomic mass is 10.0. The van der Waals surface area contributed by atoms with Crippen LogP contribution in [0.1, 0.15) is 17.4 Å². The molecule has 9 nitrogen and oxygen atoms in total. The minimum absolute atomic E-state index is 0.0121. The molecule has 188 valence electrons. The minimum atomic E-state index is -5.08. The van der Waals surface area contributed by atoms with Crippen molar-refractivity contribution in [2.45, 2.75) is 19.1 Å². The van der Waals surface area contributed by atoms with Crippen molar-refractivity contribution in [3.63, 3.8) is 0 Å². The predicted molar refractivity (Wildman–Crippen MR) is 123 cm³/mol. The molecule has 1 aliphatic heterocycles. The van der Waals surface area contributed by atoms with E-state index in [1.807, 2.05) is 43.3 Å². The number of carboxylic acids is 1. The van der Waals surface area contributed by atoms with Crippen molar-refractivity contribution in [2.24, 2.45) is 0 Å². The van der Waals surface area contributed by atoms with Gasteiger partial charge in [0.1, 0.15) is 11.6 Å². The highest BCUT2D eigenvalue weighted by atomic mass is 19.4. The Morgan fingerprint density at radius 1 is 1.26 bits per heavy atom. The van der Waals surface area contributed by atoms with Gasteiger partial charge in [0.25, 0.3) is 0 Å². The number of amides is 1. The van der Waals surface area contributed by atoms with E-state index in [1.54, 1.807) is 7.11 Å². The summed E-state index contributed by atoms with van der Waals surface area (Å²) in [5.74, 6) is -1.06. The Hall–Kier alpha value is -3.64. The zero-order valence-corrected chi connectivity index (χ0v) is 19.1. The number of aryl methyl sites for hydroxylation is 1. The molecule has 0 aliphatic carbocycles. The van der Waals surface area contributed by atoms with Crippen LogP contribution in [-0.2, 0) is 9.59 Å². The van der Waals surface area contributed by atoms with Crippen molar-refractivity contribution in [3.8, 4) is 5.75 Å². The number of carbonyl (C=O) groups is 2. The van der Waals surface area contributed by atoms with E-state index in [-0.39, 0.29) is 11.9 Å². The summed E-state index contributed by atoms with van der Waals surface area (Å²) in [6, 6.07) is 14.0. The number of benzene rings is 2. The van der Waals surface area contributed by atoms with Crippen molar-refractivity contribution >= 4 is 28.6 Å². The molecule has 1 amide bonds. The lowest BCUT2D eigenvalue weighted by molar-refractivity contribution is -0.192. The topological polar surface area (TPSA) is 120 Å². The first kappa shape index (κ1) is 26.0. The number of nitrogens with zero attached hydrogens (tertiary/aromatic N) is 2. The normalized spacial score (nSPS) is 16.3. The minimum Gasteiger partial charge on any atom is -0.497 e. The third-order valence-electron chi connectivity index (χ3n) is 5.25. The van der Waals surface area contributed by atoms with Crippen LogP contribution in [0.25, 0.3) is 11.0 Å². The molecule has 4 rings (SSSR count). The van der Waals surface area contributed by atoms with Gasteiger partial charge in [-0.05, 0) is 42.8 Å². The van der Waals surface area contributed by atoms with Crippen LogP contribution >= 0.6 is 0 Å². The van der Waals surface area contributed by atoms with Crippen LogP contribution < -0.4 is 15.4 Å². The van der Waals surface area contributed by atoms with Crippen molar-refractivity contribution in [2.75, 3.05) is 38.6 Å². The van der Waals surface area contributed by atoms with E-state index >= 15 is 0 Å². The van der Waals surface area contributed by atoms with E-state index in [4.69, 9.17) is 14.6 Å². The molecule has 0 bridgehead atoms. The second-order valence-corrected chi connectivity index (χ2v) is 7.92. The summed E-state index contributed by atoms with van der Waals surface area (Å²) in [6.07, 6.45) is -5.08. The molecule has 2 aromatic carbocycles. The number of aromatic nitrogens is 2. The lowest BCUT2D eigenvalue weighted by Gasteiger charge is -2.33. The lowest BCUT2D eigenvalue weighted by Crippen LogP contribution is -2.48. The largest absolute Gasteiger partial charge is 0.497 e. The van der Waals surface area contributed by atoms with Gasteiger partial charge in [-0.1, -0.05) is 12.1 Å². The SMILES string of the molecule is COc1cccc(C2CN(CC(=O)Nc3ccc4nc(C)[nH]c4c3)CCN2)c1.O=C(O)C(F)(F)F. The highest BCUT2D eigenvalue weighted by molar-refractivity contribution is 5.94. The first-order chi connectivity index (χ1) is 16.5. The van der Waals surface area contributed by atoms with Crippen LogP contribution in [0.4, 0.5) is 18.9 Å². The number of fused-ring (bicyclic) bond motifs is 1. The predicted octanol–water partition coefficient (Wildman–Crippen LogP) is 3.10. The van der Waals surface area contributed by atoms with E-state index in [2.05, 4.69) is 31.6 Å². The molecule has 0 radical (unpaired) electrons. The summed E-state index contributed by atoms with van der Waals surface area (Å²) in [5.41, 5.74) is 3.78. The average Bonchev–Trinajstić information content (AvgIpc) is 3.18. The summed E-state index contributed by atoms with van der Waals surface area (Å²) in [6.45, 7) is 4.74. The Morgan fingerprint density at radius 3 is 2.69 bits per heavy atom. The highest BCUT2D eigenvalue weighted by Gasteiger charge is 2.38. The van der Waals surface area contributed by atoms with Gasteiger partial charge in [0.2, 0.25) is 5.91 Å². The number of H-pyrrole nitrogens is 1. The zero-order valence-electron chi connectivity index (χ0n) is 19.1. The van der Waals surface area contributed by atoms with Gasteiger partial charge in [-0.2, -0.15) is 13.2 Å². The first-order valence-electron chi connectivity index (χ1n) is 10.7. The van der Waals surface area contributed by atoms with Crippen LogP contribution in [0, 0.1) is 6.92 Å². The molecule has 1 saturated heterocycles. The van der Waals surface area contributed by atoms with Gasteiger partial charge in [-0.3, -0.25) is 9.69 Å². The number of piperazine rings is 1. The Kier molecular flexibility index (Phi) is 8.30. The number of carbonyl (C=O) groups excluding carboxylic acids is 1. The average molecular weight is 493 g/mol. The van der Waals surface area contributed by atoms with E-state index in [1.165, 1.54) is 5.56 Å². The summed E-state index contributed by atoms with van der Waals surface area (Å²) in [4.78, 5) is 31.2. The number of ether oxygens (including phenoxy) is 1. The van der Waals surface area contributed by atoms with Crippen LogP contribution in [0.5, 0.6) is 5.75 Å². The number of anilines is 1. The van der Waals surface area contributed by atoms with Crippen LogP contribution in [-0.4, -0.2) is 71.3 Å². The number of hydrogen-bond donors (Lipinski definition) is 4. The van der Waals surface area contributed by atoms with E-state index in [9.17, 15) is 18.0 Å². The monoisotopic (exact) mass is 493 g/mol. The highest BCUT2D eigenvalue weighted by Crippen LogP contribution is 2.22. The number of rotatable bonds is 5. The van der Waals surface area contributed by atoms with Gasteiger partial charge in [0.05, 0.1) is 24.7 Å². The molecule has 12 heteroatoms. The Bertz CT molecular complexity index is 1180. The van der Waals surface area contributed by atoms with Gasteiger partial charge < -0.3 is 25.5 Å². The molecule has 1 fully saturated rings. The number of carboxylic acid groups (broad SMARTS) is 1. The number of aromatic amines is 1. The maximum Gasteiger partial charge on any atom is 0.490 e. The summed E-state index contributed by atoms with van der Waals surface area (Å²) in [7, 11) is 1.67. The third-order valence-corrected chi connectivity index (χ3v) is 5.25. The summed E-state index contributed by atoms with van der Waals surface area (Å²) < 4.78 is 37.1. The molecule has 35 heavy (non-hydrogen) atoms. The van der Waals surface area contributed by atoms with Crippen molar-refractivity contribution in [3.05, 3.63) is 53.9 Å². The Balaban J connectivity index is 0.000000429. The van der Waals surface area contributed by atoms with Gasteiger partial charge in [0, 0.05) is 31.4 Å². The second-order valence-electron chi connectivity index (χ2n) is 7.92. The fraction of sp³-hybridized carbons (Fsp3) is 0.348. The number of imidazole rings is 1. The number of halogens is 3. The Morgan fingerprint density at radius 2 is 2.00 bits per heavy atom. The number of hydrogen-bond acceptors (Lipinski definition) is 6. The number of aliphatic carboxylic acids is 1. The fourth-order valence-electron chi connectivity index (χ4n) is 3.65. The zero-order chi connectivity index (χ0) is 25.6. The third kappa shape index (κ3) is 7.42. The standard InChI is InChI=1S/C21H25N5O2.C2HF3O2/c1-14-23-18-7-6-16(11-19(18)24-14)25-21(27)13-26-9-8-22-20(12-26)15-4-3-5-17(10-15)28-2;3-2(4,5)1(6)7/h3-7,10-11,20,22H,8-9,12-13H2,1-2H3,(H,23,24)(H,25,27);(H,6,7). The molecular weight excluding hydrogens is 467 g/mol. The van der Waals surface area contributed by atoms with E-state index in [0.717, 1.165) is 47.9 Å². The van der Waals surface area contributed by atoms with E-state index in [0.29, 0.717) is 6.54 Å². The van der Waals surface area contributed by atoms with Crippen LogP contribution in [0.2, 0.25) is 0 Å². The van der Waals surface area contributed by atoms with Crippen molar-refractivity contribution < 1.29 is 32.6 Å². The van der Waals surface area contributed by atoms with Gasteiger partial charge in [-0.15, -0.1) is 0 Å². The van der Waals surface area contributed by atoms with Gasteiger partial charge >= 0.3 is 12.1 Å². The quantitative estimate of drug-likeness (QED) is 0.431. The van der Waals surface area contributed by atoms with Gasteiger partial charge in [-0.25, -0.2) is 9.78 Å². The van der Waals surface area contributed by atoms with Crippen LogP contribution in [0.3, 0.4) is 0 Å². The smallest absolute Gasteiger partial charge is 0.490 e.